The topological polar surface area (TPSA) is 29.1 Å². The van der Waals surface area contributed by atoms with Crippen LogP contribution in [0.15, 0.2) is 0 Å². The third-order valence-electron chi connectivity index (χ3n) is 0.641. The number of amides is 1. The molecule has 0 aromatic carbocycles. The Labute approximate surface area is 54.0 Å². The average molecular weight is 133 g/mol. The molecular weight excluding hydrogens is 122 g/mol. The summed E-state index contributed by atoms with van der Waals surface area (Å²) in [6.07, 6.45) is 1.05. The van der Waals surface area contributed by atoms with Crippen molar-refractivity contribution >= 4 is 17.0 Å². The summed E-state index contributed by atoms with van der Waals surface area (Å²) in [7, 11) is 1.64. The van der Waals surface area contributed by atoms with E-state index in [1.165, 1.54) is 11.8 Å². The van der Waals surface area contributed by atoms with Crippen LogP contribution in [-0.2, 0) is 0 Å². The van der Waals surface area contributed by atoms with Gasteiger partial charge in [-0.15, -0.1) is 0 Å². The molecule has 0 atom stereocenters. The van der Waals surface area contributed by atoms with Crippen LogP contribution in [0.1, 0.15) is 13.3 Å². The Morgan fingerprint density at radius 2 is 2.38 bits per heavy atom. The van der Waals surface area contributed by atoms with E-state index in [0.717, 1.165) is 12.2 Å². The smallest absolute Gasteiger partial charge is 0.278 e. The Balaban J connectivity index is 2.99. The Morgan fingerprint density at radius 1 is 1.75 bits per heavy atom. The third-order valence-corrected chi connectivity index (χ3v) is 1.72. The number of carbonyl (C=O) groups is 1. The van der Waals surface area contributed by atoms with Crippen LogP contribution in [-0.4, -0.2) is 18.0 Å². The molecule has 0 aromatic rings. The molecule has 1 amide bonds. The number of hydrogen-bond donors (Lipinski definition) is 1. The SMILES string of the molecule is CCCSC(=O)NC. The molecule has 1 N–H and O–H groups in total. The van der Waals surface area contributed by atoms with E-state index < -0.39 is 0 Å². The van der Waals surface area contributed by atoms with Crippen molar-refractivity contribution < 1.29 is 4.79 Å². The molecule has 0 saturated heterocycles. The van der Waals surface area contributed by atoms with Gasteiger partial charge in [-0.2, -0.15) is 0 Å². The van der Waals surface area contributed by atoms with Gasteiger partial charge in [-0.25, -0.2) is 0 Å². The molecule has 0 unspecified atom stereocenters. The molecule has 8 heavy (non-hydrogen) atoms. The van der Waals surface area contributed by atoms with Crippen LogP contribution in [0.2, 0.25) is 0 Å². The summed E-state index contributed by atoms with van der Waals surface area (Å²) in [5.74, 6) is 0.916. The van der Waals surface area contributed by atoms with Crippen LogP contribution in [0.25, 0.3) is 0 Å². The highest BCUT2D eigenvalue weighted by Crippen LogP contribution is 2.01. The van der Waals surface area contributed by atoms with E-state index in [1.807, 2.05) is 0 Å². The van der Waals surface area contributed by atoms with E-state index >= 15 is 0 Å². The summed E-state index contributed by atoms with van der Waals surface area (Å²) in [6, 6.07) is 0. The van der Waals surface area contributed by atoms with Crippen LogP contribution < -0.4 is 5.32 Å². The van der Waals surface area contributed by atoms with Crippen molar-refractivity contribution in [3.8, 4) is 0 Å². The zero-order chi connectivity index (χ0) is 6.41. The fourth-order valence-electron chi connectivity index (χ4n) is 0.267. The first-order valence-electron chi connectivity index (χ1n) is 2.65. The van der Waals surface area contributed by atoms with E-state index in [2.05, 4.69) is 12.2 Å². The molecule has 0 aliphatic rings. The quantitative estimate of drug-likeness (QED) is 0.618. The molecule has 0 bridgehead atoms. The number of carbonyl (C=O) groups excluding carboxylic acids is 1. The Morgan fingerprint density at radius 3 is 2.75 bits per heavy atom. The molecule has 3 heteroatoms. The third kappa shape index (κ3) is 3.99. The lowest BCUT2D eigenvalue weighted by molar-refractivity contribution is 0.262. The van der Waals surface area contributed by atoms with Gasteiger partial charge in [0, 0.05) is 12.8 Å². The van der Waals surface area contributed by atoms with Gasteiger partial charge < -0.3 is 5.32 Å². The highest BCUT2D eigenvalue weighted by molar-refractivity contribution is 8.13. The molecular formula is C5H11NOS. The van der Waals surface area contributed by atoms with Gasteiger partial charge in [0.15, 0.2) is 0 Å². The minimum absolute atomic E-state index is 0.0619. The summed E-state index contributed by atoms with van der Waals surface area (Å²) < 4.78 is 0. The van der Waals surface area contributed by atoms with Crippen molar-refractivity contribution in [2.24, 2.45) is 0 Å². The van der Waals surface area contributed by atoms with Crippen molar-refractivity contribution in [2.45, 2.75) is 13.3 Å². The second-order valence-electron chi connectivity index (χ2n) is 1.39. The molecule has 0 fully saturated rings. The molecule has 0 aliphatic heterocycles. The van der Waals surface area contributed by atoms with Crippen LogP contribution in [0.3, 0.4) is 0 Å². The van der Waals surface area contributed by atoms with Crippen LogP contribution in [0, 0.1) is 0 Å². The van der Waals surface area contributed by atoms with Crippen molar-refractivity contribution in [3.05, 3.63) is 0 Å². The van der Waals surface area contributed by atoms with Crippen molar-refractivity contribution in [1.82, 2.24) is 5.32 Å². The van der Waals surface area contributed by atoms with Gasteiger partial charge in [0.1, 0.15) is 0 Å². The summed E-state index contributed by atoms with van der Waals surface area (Å²) in [4.78, 5) is 10.4. The molecule has 0 spiro atoms. The second kappa shape index (κ2) is 4.97. The maximum Gasteiger partial charge on any atom is 0.278 e. The molecule has 0 radical (unpaired) electrons. The van der Waals surface area contributed by atoms with Gasteiger partial charge in [-0.1, -0.05) is 18.7 Å². The highest BCUT2D eigenvalue weighted by atomic mass is 32.2. The fraction of sp³-hybridized carbons (Fsp3) is 0.800. The van der Waals surface area contributed by atoms with Gasteiger partial charge in [0.05, 0.1) is 0 Å². The van der Waals surface area contributed by atoms with E-state index in [9.17, 15) is 4.79 Å². The number of hydrogen-bond acceptors (Lipinski definition) is 2. The molecule has 0 aliphatic carbocycles. The zero-order valence-electron chi connectivity index (χ0n) is 5.23. The Kier molecular flexibility index (Phi) is 4.85. The first-order valence-corrected chi connectivity index (χ1v) is 3.64. The Bertz CT molecular complexity index is 74.8. The lowest BCUT2D eigenvalue weighted by Crippen LogP contribution is -2.11. The van der Waals surface area contributed by atoms with Gasteiger partial charge in [0.2, 0.25) is 0 Å². The zero-order valence-corrected chi connectivity index (χ0v) is 6.05. The number of rotatable bonds is 2. The van der Waals surface area contributed by atoms with E-state index in [0.29, 0.717) is 0 Å². The van der Waals surface area contributed by atoms with Crippen molar-refractivity contribution in [3.63, 3.8) is 0 Å². The van der Waals surface area contributed by atoms with E-state index in [4.69, 9.17) is 0 Å². The van der Waals surface area contributed by atoms with Gasteiger partial charge in [-0.3, -0.25) is 4.79 Å². The first-order chi connectivity index (χ1) is 3.81. The maximum atomic E-state index is 10.4. The standard InChI is InChI=1S/C5H11NOS/c1-3-4-8-5(7)6-2/h3-4H2,1-2H3,(H,6,7). The summed E-state index contributed by atoms with van der Waals surface area (Å²) in [6.45, 7) is 2.05. The van der Waals surface area contributed by atoms with Gasteiger partial charge in [0.25, 0.3) is 5.24 Å². The van der Waals surface area contributed by atoms with Crippen molar-refractivity contribution in [2.75, 3.05) is 12.8 Å². The summed E-state index contributed by atoms with van der Waals surface area (Å²) in [5.41, 5.74) is 0. The molecule has 48 valence electrons. The van der Waals surface area contributed by atoms with Crippen molar-refractivity contribution in [1.29, 1.82) is 0 Å². The maximum absolute atomic E-state index is 10.4. The monoisotopic (exact) mass is 133 g/mol. The summed E-state index contributed by atoms with van der Waals surface area (Å²) >= 11 is 1.33. The number of thioether (sulfide) groups is 1. The van der Waals surface area contributed by atoms with E-state index in [-0.39, 0.29) is 5.24 Å². The largest absolute Gasteiger partial charge is 0.350 e. The Hall–Kier alpha value is -0.180. The van der Waals surface area contributed by atoms with E-state index in [1.54, 1.807) is 7.05 Å². The molecule has 0 heterocycles. The van der Waals surface area contributed by atoms with Crippen LogP contribution in [0.5, 0.6) is 0 Å². The highest BCUT2D eigenvalue weighted by Gasteiger charge is 1.93. The lowest BCUT2D eigenvalue weighted by Gasteiger charge is -1.93. The first kappa shape index (κ1) is 7.82. The minimum Gasteiger partial charge on any atom is -0.350 e. The molecule has 0 rings (SSSR count). The predicted molar refractivity (Wildman–Crippen MR) is 37.2 cm³/mol. The minimum atomic E-state index is 0.0619. The fourth-order valence-corrected chi connectivity index (χ4v) is 0.801. The normalized spacial score (nSPS) is 8.75. The molecule has 0 aromatic heterocycles. The molecule has 0 saturated carbocycles. The van der Waals surface area contributed by atoms with Gasteiger partial charge >= 0.3 is 0 Å². The second-order valence-corrected chi connectivity index (χ2v) is 2.45. The average Bonchev–Trinajstić information content (AvgIpc) is 1.83. The van der Waals surface area contributed by atoms with Crippen LogP contribution in [0.4, 0.5) is 4.79 Å². The van der Waals surface area contributed by atoms with Gasteiger partial charge in [-0.05, 0) is 6.42 Å². The number of nitrogens with one attached hydrogen (secondary N) is 1. The lowest BCUT2D eigenvalue weighted by atomic mass is 10.6. The van der Waals surface area contributed by atoms with Crippen LogP contribution >= 0.6 is 11.8 Å². The summed E-state index contributed by atoms with van der Waals surface area (Å²) in [5, 5.41) is 2.59. The predicted octanol–water partition coefficient (Wildman–Crippen LogP) is 1.47. The molecule has 2 nitrogen and oxygen atoms in total.